The lowest BCUT2D eigenvalue weighted by atomic mass is 10.2. The van der Waals surface area contributed by atoms with Crippen molar-refractivity contribution in [2.45, 2.75) is 6.61 Å². The number of rotatable bonds is 6. The van der Waals surface area contributed by atoms with Gasteiger partial charge in [0.25, 0.3) is 5.91 Å². The third kappa shape index (κ3) is 4.86. The summed E-state index contributed by atoms with van der Waals surface area (Å²) in [6.07, 6.45) is 0. The number of aromatic nitrogens is 1. The second-order valence-electron chi connectivity index (χ2n) is 6.30. The maximum atomic E-state index is 13.2. The fourth-order valence-electron chi connectivity index (χ4n) is 2.71. The first-order valence-corrected chi connectivity index (χ1v) is 9.85. The molecular formula is C23H17FN2O2S. The van der Waals surface area contributed by atoms with Crippen LogP contribution in [0.3, 0.4) is 0 Å². The van der Waals surface area contributed by atoms with Crippen molar-refractivity contribution in [2.75, 3.05) is 5.32 Å². The molecule has 0 radical (unpaired) electrons. The predicted octanol–water partition coefficient (Wildman–Crippen LogP) is 5.78. The van der Waals surface area contributed by atoms with Gasteiger partial charge in [0.05, 0.1) is 0 Å². The molecule has 1 amide bonds. The summed E-state index contributed by atoms with van der Waals surface area (Å²) in [5.74, 6) is 0.155. The van der Waals surface area contributed by atoms with Gasteiger partial charge in [-0.1, -0.05) is 30.3 Å². The number of benzene rings is 3. The summed E-state index contributed by atoms with van der Waals surface area (Å²) in [4.78, 5) is 16.8. The van der Waals surface area contributed by atoms with Crippen LogP contribution in [-0.2, 0) is 6.61 Å². The molecule has 3 aromatic carbocycles. The van der Waals surface area contributed by atoms with Gasteiger partial charge in [0.1, 0.15) is 28.9 Å². The number of ether oxygens (including phenoxy) is 1. The van der Waals surface area contributed by atoms with Crippen molar-refractivity contribution < 1.29 is 13.9 Å². The topological polar surface area (TPSA) is 51.2 Å². The molecule has 0 aliphatic rings. The standard InChI is InChI=1S/C23H17FN2O2S/c24-18-6-4-5-16(13-18)14-28-20-11-9-17(10-12-20)23-26-21(15-29-23)22(27)25-19-7-2-1-3-8-19/h1-13,15H,14H2,(H,25,27). The highest BCUT2D eigenvalue weighted by molar-refractivity contribution is 7.13. The quantitative estimate of drug-likeness (QED) is 0.443. The molecule has 29 heavy (non-hydrogen) atoms. The second kappa shape index (κ2) is 8.67. The van der Waals surface area contributed by atoms with E-state index in [0.717, 1.165) is 21.8 Å². The van der Waals surface area contributed by atoms with Crippen molar-refractivity contribution in [3.63, 3.8) is 0 Å². The number of hydrogen-bond donors (Lipinski definition) is 1. The average molecular weight is 404 g/mol. The van der Waals surface area contributed by atoms with E-state index in [1.54, 1.807) is 11.4 Å². The molecule has 0 spiro atoms. The van der Waals surface area contributed by atoms with E-state index in [1.165, 1.54) is 23.5 Å². The van der Waals surface area contributed by atoms with Gasteiger partial charge in [0.15, 0.2) is 0 Å². The van der Waals surface area contributed by atoms with Gasteiger partial charge < -0.3 is 10.1 Å². The summed E-state index contributed by atoms with van der Waals surface area (Å²) in [7, 11) is 0. The molecule has 144 valence electrons. The van der Waals surface area contributed by atoms with Crippen LogP contribution in [0.15, 0.2) is 84.2 Å². The van der Waals surface area contributed by atoms with E-state index in [0.29, 0.717) is 11.4 Å². The molecule has 0 saturated carbocycles. The number of nitrogens with zero attached hydrogens (tertiary/aromatic N) is 1. The van der Waals surface area contributed by atoms with Gasteiger partial charge in [0, 0.05) is 16.6 Å². The van der Waals surface area contributed by atoms with Crippen LogP contribution in [0.1, 0.15) is 16.1 Å². The Hall–Kier alpha value is -3.51. The van der Waals surface area contributed by atoms with Crippen LogP contribution in [0, 0.1) is 5.82 Å². The number of hydrogen-bond acceptors (Lipinski definition) is 4. The number of amides is 1. The Bertz CT molecular complexity index is 1110. The lowest BCUT2D eigenvalue weighted by Crippen LogP contribution is -2.12. The predicted molar refractivity (Wildman–Crippen MR) is 113 cm³/mol. The zero-order chi connectivity index (χ0) is 20.1. The fourth-order valence-corrected chi connectivity index (χ4v) is 3.52. The van der Waals surface area contributed by atoms with E-state index in [-0.39, 0.29) is 18.3 Å². The van der Waals surface area contributed by atoms with Crippen molar-refractivity contribution in [1.29, 1.82) is 0 Å². The molecule has 0 unspecified atom stereocenters. The molecule has 6 heteroatoms. The summed E-state index contributed by atoms with van der Waals surface area (Å²) in [5, 5.41) is 5.31. The zero-order valence-corrected chi connectivity index (χ0v) is 16.2. The van der Waals surface area contributed by atoms with Crippen molar-refractivity contribution in [2.24, 2.45) is 0 Å². The van der Waals surface area contributed by atoms with Gasteiger partial charge in [-0.2, -0.15) is 0 Å². The van der Waals surface area contributed by atoms with Crippen LogP contribution in [0.5, 0.6) is 5.75 Å². The first-order valence-electron chi connectivity index (χ1n) is 8.97. The maximum absolute atomic E-state index is 13.2. The highest BCUT2D eigenvalue weighted by atomic mass is 32.1. The summed E-state index contributed by atoms with van der Waals surface area (Å²) in [5.41, 5.74) is 2.77. The Morgan fingerprint density at radius 3 is 2.55 bits per heavy atom. The molecule has 0 aliphatic heterocycles. The van der Waals surface area contributed by atoms with Gasteiger partial charge in [-0.25, -0.2) is 9.37 Å². The molecule has 0 fully saturated rings. The molecule has 4 rings (SSSR count). The number of nitrogens with one attached hydrogen (secondary N) is 1. The Kier molecular flexibility index (Phi) is 5.63. The number of para-hydroxylation sites is 1. The van der Waals surface area contributed by atoms with Crippen LogP contribution >= 0.6 is 11.3 Å². The van der Waals surface area contributed by atoms with Crippen LogP contribution < -0.4 is 10.1 Å². The van der Waals surface area contributed by atoms with Crippen LogP contribution in [0.25, 0.3) is 10.6 Å². The minimum atomic E-state index is -0.280. The third-order valence-corrected chi connectivity index (χ3v) is 5.06. The Morgan fingerprint density at radius 2 is 1.79 bits per heavy atom. The monoisotopic (exact) mass is 404 g/mol. The molecule has 1 heterocycles. The molecule has 1 N–H and O–H groups in total. The minimum Gasteiger partial charge on any atom is -0.489 e. The second-order valence-corrected chi connectivity index (χ2v) is 7.16. The van der Waals surface area contributed by atoms with Gasteiger partial charge >= 0.3 is 0 Å². The molecule has 0 bridgehead atoms. The van der Waals surface area contributed by atoms with Crippen LogP contribution in [-0.4, -0.2) is 10.9 Å². The van der Waals surface area contributed by atoms with Crippen molar-refractivity contribution in [3.8, 4) is 16.3 Å². The number of halogens is 1. The van der Waals surface area contributed by atoms with Gasteiger partial charge in [-0.3, -0.25) is 4.79 Å². The number of carbonyl (C=O) groups is 1. The van der Waals surface area contributed by atoms with Crippen LogP contribution in [0.4, 0.5) is 10.1 Å². The Labute approximate surface area is 171 Å². The lowest BCUT2D eigenvalue weighted by Gasteiger charge is -2.07. The van der Waals surface area contributed by atoms with Gasteiger partial charge in [-0.15, -0.1) is 11.3 Å². The first kappa shape index (κ1) is 18.8. The Morgan fingerprint density at radius 1 is 1.00 bits per heavy atom. The van der Waals surface area contributed by atoms with Crippen LogP contribution in [0.2, 0.25) is 0 Å². The number of thiazole rings is 1. The lowest BCUT2D eigenvalue weighted by molar-refractivity contribution is 0.102. The zero-order valence-electron chi connectivity index (χ0n) is 15.3. The normalized spacial score (nSPS) is 10.5. The summed E-state index contributed by atoms with van der Waals surface area (Å²) in [6, 6.07) is 23.0. The van der Waals surface area contributed by atoms with E-state index < -0.39 is 0 Å². The molecule has 1 aromatic heterocycles. The highest BCUT2D eigenvalue weighted by Gasteiger charge is 2.12. The SMILES string of the molecule is O=C(Nc1ccccc1)c1csc(-c2ccc(OCc3cccc(F)c3)cc2)n1. The molecule has 0 saturated heterocycles. The Balaban J connectivity index is 1.39. The van der Waals surface area contributed by atoms with Crippen molar-refractivity contribution in [1.82, 2.24) is 4.98 Å². The average Bonchev–Trinajstić information content (AvgIpc) is 3.24. The summed E-state index contributed by atoms with van der Waals surface area (Å²) in [6.45, 7) is 0.290. The fraction of sp³-hybridized carbons (Fsp3) is 0.0435. The third-order valence-electron chi connectivity index (χ3n) is 4.16. The smallest absolute Gasteiger partial charge is 0.275 e. The highest BCUT2D eigenvalue weighted by Crippen LogP contribution is 2.26. The summed E-state index contributed by atoms with van der Waals surface area (Å²) < 4.78 is 18.9. The molecular weight excluding hydrogens is 387 g/mol. The molecule has 0 atom stereocenters. The maximum Gasteiger partial charge on any atom is 0.275 e. The van der Waals surface area contributed by atoms with Crippen molar-refractivity contribution in [3.05, 3.63) is 101 Å². The molecule has 0 aliphatic carbocycles. The largest absolute Gasteiger partial charge is 0.489 e. The van der Waals surface area contributed by atoms with Gasteiger partial charge in [0.2, 0.25) is 0 Å². The first-order chi connectivity index (χ1) is 14.2. The minimum absolute atomic E-state index is 0.242. The van der Waals surface area contributed by atoms with E-state index in [1.807, 2.05) is 60.7 Å². The van der Waals surface area contributed by atoms with E-state index in [9.17, 15) is 9.18 Å². The molecule has 4 nitrogen and oxygen atoms in total. The van der Waals surface area contributed by atoms with E-state index >= 15 is 0 Å². The van der Waals surface area contributed by atoms with Crippen molar-refractivity contribution >= 4 is 22.9 Å². The summed E-state index contributed by atoms with van der Waals surface area (Å²) >= 11 is 1.40. The molecule has 4 aromatic rings. The number of anilines is 1. The number of carbonyl (C=O) groups excluding carboxylic acids is 1. The van der Waals surface area contributed by atoms with E-state index in [2.05, 4.69) is 10.3 Å². The van der Waals surface area contributed by atoms with E-state index in [4.69, 9.17) is 4.74 Å². The van der Waals surface area contributed by atoms with Gasteiger partial charge in [-0.05, 0) is 54.1 Å².